The Balaban J connectivity index is 2.84. The van der Waals surface area contributed by atoms with Gasteiger partial charge in [-0.3, -0.25) is 9.59 Å². The second kappa shape index (κ2) is 6.02. The highest BCUT2D eigenvalue weighted by Gasteiger charge is 2.13. The molecule has 3 N–H and O–H groups in total. The van der Waals surface area contributed by atoms with Crippen molar-refractivity contribution in [3.05, 3.63) is 28.8 Å². The fraction of sp³-hybridized carbons (Fsp3) is 0.273. The van der Waals surface area contributed by atoms with Gasteiger partial charge >= 0.3 is 0 Å². The summed E-state index contributed by atoms with van der Waals surface area (Å²) in [6.07, 6.45) is 0.679. The SMILES string of the molecule is CCC(Br)C(=O)Nc1ccc(C(N)=O)c(Cl)c1. The Kier molecular flexibility index (Phi) is 4.96. The molecular weight excluding hydrogens is 307 g/mol. The summed E-state index contributed by atoms with van der Waals surface area (Å²) >= 11 is 9.09. The number of nitrogens with two attached hydrogens (primary N) is 1. The first-order valence-electron chi connectivity index (χ1n) is 5.00. The Morgan fingerprint density at radius 3 is 2.65 bits per heavy atom. The number of amides is 2. The molecule has 0 radical (unpaired) electrons. The maximum Gasteiger partial charge on any atom is 0.250 e. The van der Waals surface area contributed by atoms with Crippen LogP contribution in [0.15, 0.2) is 18.2 Å². The van der Waals surface area contributed by atoms with Gasteiger partial charge in [-0.25, -0.2) is 0 Å². The molecule has 92 valence electrons. The molecule has 2 amide bonds. The van der Waals surface area contributed by atoms with Crippen molar-refractivity contribution in [2.45, 2.75) is 18.2 Å². The highest BCUT2D eigenvalue weighted by molar-refractivity contribution is 9.10. The molecule has 6 heteroatoms. The van der Waals surface area contributed by atoms with E-state index >= 15 is 0 Å². The normalized spacial score (nSPS) is 11.9. The lowest BCUT2D eigenvalue weighted by Gasteiger charge is -2.09. The third kappa shape index (κ3) is 3.71. The number of carbonyl (C=O) groups is 2. The first-order chi connectivity index (χ1) is 7.95. The van der Waals surface area contributed by atoms with Crippen LogP contribution in [0.4, 0.5) is 5.69 Å². The lowest BCUT2D eigenvalue weighted by Crippen LogP contribution is -2.22. The van der Waals surface area contributed by atoms with Gasteiger partial charge in [0.05, 0.1) is 15.4 Å². The number of hydrogen-bond acceptors (Lipinski definition) is 2. The van der Waals surface area contributed by atoms with Gasteiger partial charge in [-0.15, -0.1) is 0 Å². The van der Waals surface area contributed by atoms with Crippen LogP contribution in [-0.4, -0.2) is 16.6 Å². The monoisotopic (exact) mass is 318 g/mol. The van der Waals surface area contributed by atoms with Gasteiger partial charge in [-0.2, -0.15) is 0 Å². The van der Waals surface area contributed by atoms with Gasteiger partial charge in [0.25, 0.3) is 0 Å². The smallest absolute Gasteiger partial charge is 0.250 e. The van der Waals surface area contributed by atoms with Crippen molar-refractivity contribution in [2.75, 3.05) is 5.32 Å². The minimum atomic E-state index is -0.597. The van der Waals surface area contributed by atoms with Crippen LogP contribution >= 0.6 is 27.5 Å². The summed E-state index contributed by atoms with van der Waals surface area (Å²) in [4.78, 5) is 22.3. The Labute approximate surface area is 113 Å². The molecular formula is C11H12BrClN2O2. The third-order valence-corrected chi connectivity index (χ3v) is 3.52. The van der Waals surface area contributed by atoms with Crippen molar-refractivity contribution in [3.63, 3.8) is 0 Å². The summed E-state index contributed by atoms with van der Waals surface area (Å²) in [5.74, 6) is -0.754. The Bertz CT molecular complexity index is 451. The highest BCUT2D eigenvalue weighted by Crippen LogP contribution is 2.21. The number of nitrogens with one attached hydrogen (secondary N) is 1. The molecule has 0 fully saturated rings. The van der Waals surface area contributed by atoms with E-state index in [0.717, 1.165) is 0 Å². The van der Waals surface area contributed by atoms with E-state index in [4.69, 9.17) is 17.3 Å². The molecule has 1 atom stereocenters. The van der Waals surface area contributed by atoms with E-state index < -0.39 is 5.91 Å². The molecule has 4 nitrogen and oxygen atoms in total. The number of primary amides is 1. The zero-order chi connectivity index (χ0) is 13.0. The zero-order valence-electron chi connectivity index (χ0n) is 9.17. The van der Waals surface area contributed by atoms with Gasteiger partial charge in [-0.05, 0) is 24.6 Å². The minimum absolute atomic E-state index is 0.157. The third-order valence-electron chi connectivity index (χ3n) is 2.15. The van der Waals surface area contributed by atoms with Crippen LogP contribution in [0, 0.1) is 0 Å². The van der Waals surface area contributed by atoms with E-state index in [1.54, 1.807) is 6.07 Å². The molecule has 0 spiro atoms. The van der Waals surface area contributed by atoms with Crippen LogP contribution in [0.25, 0.3) is 0 Å². The van der Waals surface area contributed by atoms with Crippen LogP contribution in [0.1, 0.15) is 23.7 Å². The summed E-state index contributed by atoms with van der Waals surface area (Å²) in [5.41, 5.74) is 5.88. The van der Waals surface area contributed by atoms with Crippen LogP contribution < -0.4 is 11.1 Å². The summed E-state index contributed by atoms with van der Waals surface area (Å²) in [5, 5.41) is 2.90. The molecule has 1 unspecified atom stereocenters. The summed E-state index contributed by atoms with van der Waals surface area (Å²) in [7, 11) is 0. The fourth-order valence-electron chi connectivity index (χ4n) is 1.20. The highest BCUT2D eigenvalue weighted by atomic mass is 79.9. The second-order valence-corrected chi connectivity index (χ2v) is 4.94. The average Bonchev–Trinajstić information content (AvgIpc) is 2.27. The number of halogens is 2. The minimum Gasteiger partial charge on any atom is -0.366 e. The summed E-state index contributed by atoms with van der Waals surface area (Å²) in [6.45, 7) is 1.89. The van der Waals surface area contributed by atoms with Gasteiger partial charge in [0.2, 0.25) is 11.8 Å². The first-order valence-corrected chi connectivity index (χ1v) is 6.29. The molecule has 1 aromatic rings. The summed E-state index contributed by atoms with van der Waals surface area (Å²) in [6, 6.07) is 4.56. The Morgan fingerprint density at radius 1 is 1.53 bits per heavy atom. The Hall–Kier alpha value is -1.07. The largest absolute Gasteiger partial charge is 0.366 e. The van der Waals surface area contributed by atoms with Gasteiger partial charge in [0.1, 0.15) is 0 Å². The average molecular weight is 320 g/mol. The number of carbonyl (C=O) groups excluding carboxylic acids is 2. The molecule has 1 rings (SSSR count). The van der Waals surface area contributed by atoms with E-state index in [1.807, 2.05) is 6.92 Å². The van der Waals surface area contributed by atoms with Crippen LogP contribution in [0.2, 0.25) is 5.02 Å². The molecule has 0 saturated heterocycles. The van der Waals surface area contributed by atoms with E-state index in [0.29, 0.717) is 12.1 Å². The second-order valence-electron chi connectivity index (χ2n) is 3.42. The summed E-state index contributed by atoms with van der Waals surface area (Å²) < 4.78 is 0. The zero-order valence-corrected chi connectivity index (χ0v) is 11.5. The van der Waals surface area contributed by atoms with Crippen molar-refractivity contribution in [2.24, 2.45) is 5.73 Å². The quantitative estimate of drug-likeness (QED) is 0.837. The molecule has 0 aliphatic carbocycles. The number of benzene rings is 1. The molecule has 0 heterocycles. The topological polar surface area (TPSA) is 72.2 Å². The number of hydrogen-bond donors (Lipinski definition) is 2. The lowest BCUT2D eigenvalue weighted by atomic mass is 10.2. The van der Waals surface area contributed by atoms with Crippen molar-refractivity contribution in [3.8, 4) is 0 Å². The predicted octanol–water partition coefficient (Wildman–Crippen LogP) is 2.55. The molecule has 0 saturated carbocycles. The van der Waals surface area contributed by atoms with Crippen molar-refractivity contribution in [1.82, 2.24) is 0 Å². The van der Waals surface area contributed by atoms with Crippen LogP contribution in [-0.2, 0) is 4.79 Å². The maximum absolute atomic E-state index is 11.6. The molecule has 0 bridgehead atoms. The maximum atomic E-state index is 11.6. The number of rotatable bonds is 4. The van der Waals surface area contributed by atoms with E-state index in [1.165, 1.54) is 12.1 Å². The van der Waals surface area contributed by atoms with Crippen molar-refractivity contribution < 1.29 is 9.59 Å². The molecule has 17 heavy (non-hydrogen) atoms. The van der Waals surface area contributed by atoms with E-state index in [2.05, 4.69) is 21.2 Å². The van der Waals surface area contributed by atoms with Crippen LogP contribution in [0.3, 0.4) is 0 Å². The standard InChI is InChI=1S/C11H12BrClN2O2/c1-2-8(12)11(17)15-6-3-4-7(10(14)16)9(13)5-6/h3-5,8H,2H2,1H3,(H2,14,16)(H,15,17). The molecule has 0 aliphatic heterocycles. The fourth-order valence-corrected chi connectivity index (χ4v) is 1.59. The van der Waals surface area contributed by atoms with Crippen LogP contribution in [0.5, 0.6) is 0 Å². The Morgan fingerprint density at radius 2 is 2.18 bits per heavy atom. The van der Waals surface area contributed by atoms with E-state index in [-0.39, 0.29) is 21.3 Å². The van der Waals surface area contributed by atoms with Gasteiger partial charge in [0, 0.05) is 5.69 Å². The molecule has 0 aromatic heterocycles. The predicted molar refractivity (Wildman–Crippen MR) is 71.6 cm³/mol. The molecule has 0 aliphatic rings. The first kappa shape index (κ1) is 14.0. The van der Waals surface area contributed by atoms with Gasteiger partial charge in [0.15, 0.2) is 0 Å². The van der Waals surface area contributed by atoms with Gasteiger partial charge < -0.3 is 11.1 Å². The number of anilines is 1. The van der Waals surface area contributed by atoms with Gasteiger partial charge in [-0.1, -0.05) is 34.5 Å². The van der Waals surface area contributed by atoms with Crippen molar-refractivity contribution >= 4 is 45.0 Å². The van der Waals surface area contributed by atoms with E-state index in [9.17, 15) is 9.59 Å². The lowest BCUT2D eigenvalue weighted by molar-refractivity contribution is -0.115. The number of alkyl halides is 1. The van der Waals surface area contributed by atoms with Crippen molar-refractivity contribution in [1.29, 1.82) is 0 Å². The molecule has 1 aromatic carbocycles.